The number of hydrazone groups is 1. The molecule has 7 rings (SSSR count). The van der Waals surface area contributed by atoms with Gasteiger partial charge < -0.3 is 0 Å². The summed E-state index contributed by atoms with van der Waals surface area (Å²) in [6.07, 6.45) is 12.7. The highest BCUT2D eigenvalue weighted by atomic mass is 16.2. The number of aryl methyl sites for hydroxylation is 1. The number of aromatic nitrogens is 3. The van der Waals surface area contributed by atoms with Crippen LogP contribution in [-0.2, 0) is 5.41 Å². The number of aromatic amines is 1. The third-order valence-electron chi connectivity index (χ3n) is 8.18. The van der Waals surface area contributed by atoms with Crippen molar-refractivity contribution in [1.82, 2.24) is 20.2 Å². The van der Waals surface area contributed by atoms with Crippen LogP contribution in [0.3, 0.4) is 0 Å². The molecule has 0 unspecified atom stereocenters. The zero-order chi connectivity index (χ0) is 23.3. The van der Waals surface area contributed by atoms with Crippen LogP contribution in [0.15, 0.2) is 58.7 Å². The van der Waals surface area contributed by atoms with Gasteiger partial charge in [-0.3, -0.25) is 19.7 Å². The summed E-state index contributed by atoms with van der Waals surface area (Å²) in [7, 11) is 0. The van der Waals surface area contributed by atoms with Gasteiger partial charge in [-0.1, -0.05) is 12.1 Å². The average Bonchev–Trinajstić information content (AvgIpc) is 3.12. The Bertz CT molecular complexity index is 1270. The number of pyridine rings is 1. The summed E-state index contributed by atoms with van der Waals surface area (Å²) in [5, 5.41) is 7.13. The molecule has 4 fully saturated rings. The van der Waals surface area contributed by atoms with Crippen molar-refractivity contribution in [3.63, 3.8) is 0 Å². The van der Waals surface area contributed by atoms with Crippen molar-refractivity contribution in [2.75, 3.05) is 0 Å². The molecule has 2 N–H and O–H groups in total. The Kier molecular flexibility index (Phi) is 5.01. The maximum absolute atomic E-state index is 13.1. The molecule has 4 aliphatic rings. The standard InChI is InChI=1S/C27H29N5O2/c1-17-24(16-29-30-25(33)21-3-2-8-28-15-21)26(34)32(31-17)23-6-4-22(5-7-23)27-12-18-9-19(13-27)11-20(10-18)14-27/h2-8,15-16,18-20,31H,9-14H2,1H3,(H,30,33). The number of nitrogens with zero attached hydrogens (tertiary/aromatic N) is 3. The molecule has 3 aromatic rings. The molecule has 2 aromatic heterocycles. The van der Waals surface area contributed by atoms with Crippen molar-refractivity contribution >= 4 is 12.1 Å². The van der Waals surface area contributed by atoms with Crippen LogP contribution in [0.1, 0.15) is 65.7 Å². The second kappa shape index (κ2) is 8.08. The summed E-state index contributed by atoms with van der Waals surface area (Å²) in [6, 6.07) is 11.9. The molecule has 2 heterocycles. The van der Waals surface area contributed by atoms with Gasteiger partial charge in [0.2, 0.25) is 0 Å². The molecule has 34 heavy (non-hydrogen) atoms. The van der Waals surface area contributed by atoms with Crippen LogP contribution in [0.25, 0.3) is 5.69 Å². The molecule has 4 saturated carbocycles. The summed E-state index contributed by atoms with van der Waals surface area (Å²) in [5.74, 6) is 2.33. The fraction of sp³-hybridized carbons (Fsp3) is 0.407. The van der Waals surface area contributed by atoms with E-state index in [0.29, 0.717) is 22.2 Å². The second-order valence-corrected chi connectivity index (χ2v) is 10.5. The molecule has 1 amide bonds. The first-order valence-electron chi connectivity index (χ1n) is 12.2. The summed E-state index contributed by atoms with van der Waals surface area (Å²) in [5.41, 5.74) is 6.35. The van der Waals surface area contributed by atoms with Crippen LogP contribution in [0.4, 0.5) is 0 Å². The Morgan fingerprint density at radius 3 is 2.41 bits per heavy atom. The Morgan fingerprint density at radius 2 is 1.79 bits per heavy atom. The predicted octanol–water partition coefficient (Wildman–Crippen LogP) is 4.10. The lowest BCUT2D eigenvalue weighted by Gasteiger charge is -2.57. The molecule has 0 saturated heterocycles. The van der Waals surface area contributed by atoms with E-state index in [1.807, 2.05) is 6.92 Å². The van der Waals surface area contributed by atoms with Gasteiger partial charge in [-0.25, -0.2) is 10.1 Å². The van der Waals surface area contributed by atoms with Gasteiger partial charge in [0.25, 0.3) is 11.5 Å². The van der Waals surface area contributed by atoms with E-state index < -0.39 is 0 Å². The lowest BCUT2D eigenvalue weighted by Crippen LogP contribution is -2.48. The smallest absolute Gasteiger partial charge is 0.280 e. The number of nitrogens with one attached hydrogen (secondary N) is 2. The lowest BCUT2D eigenvalue weighted by molar-refractivity contribution is -0.00518. The van der Waals surface area contributed by atoms with E-state index in [-0.39, 0.29) is 11.5 Å². The predicted molar refractivity (Wildman–Crippen MR) is 130 cm³/mol. The fourth-order valence-electron chi connectivity index (χ4n) is 7.04. The Balaban J connectivity index is 1.21. The molecule has 0 aliphatic heterocycles. The molecular weight excluding hydrogens is 426 g/mol. The number of amides is 1. The van der Waals surface area contributed by atoms with Gasteiger partial charge >= 0.3 is 0 Å². The molecule has 0 radical (unpaired) electrons. The minimum Gasteiger partial charge on any atom is -0.295 e. The van der Waals surface area contributed by atoms with Crippen LogP contribution >= 0.6 is 0 Å². The Morgan fingerprint density at radius 1 is 1.12 bits per heavy atom. The molecule has 7 nitrogen and oxygen atoms in total. The Hall–Kier alpha value is -3.48. The van der Waals surface area contributed by atoms with Crippen molar-refractivity contribution in [3.05, 3.63) is 81.5 Å². The van der Waals surface area contributed by atoms with Crippen LogP contribution in [0, 0.1) is 24.7 Å². The zero-order valence-electron chi connectivity index (χ0n) is 19.3. The van der Waals surface area contributed by atoms with E-state index in [4.69, 9.17) is 0 Å². The molecule has 1 aromatic carbocycles. The zero-order valence-corrected chi connectivity index (χ0v) is 19.3. The van der Waals surface area contributed by atoms with E-state index in [1.54, 1.807) is 23.0 Å². The molecule has 0 spiro atoms. The number of rotatable bonds is 5. The number of carbonyl (C=O) groups is 1. The van der Waals surface area contributed by atoms with Crippen molar-refractivity contribution in [2.45, 2.75) is 50.9 Å². The van der Waals surface area contributed by atoms with Crippen molar-refractivity contribution < 1.29 is 4.79 Å². The normalized spacial score (nSPS) is 27.4. The fourth-order valence-corrected chi connectivity index (χ4v) is 7.04. The highest BCUT2D eigenvalue weighted by Crippen LogP contribution is 2.60. The highest BCUT2D eigenvalue weighted by molar-refractivity contribution is 5.94. The molecule has 4 bridgehead atoms. The summed E-state index contributed by atoms with van der Waals surface area (Å²) in [4.78, 5) is 29.1. The van der Waals surface area contributed by atoms with Crippen LogP contribution in [-0.4, -0.2) is 26.9 Å². The third-order valence-corrected chi connectivity index (χ3v) is 8.18. The van der Waals surface area contributed by atoms with Crippen LogP contribution < -0.4 is 11.0 Å². The minimum atomic E-state index is -0.377. The van der Waals surface area contributed by atoms with Gasteiger partial charge in [-0.2, -0.15) is 5.10 Å². The molecule has 174 valence electrons. The first-order valence-corrected chi connectivity index (χ1v) is 12.2. The maximum Gasteiger partial charge on any atom is 0.280 e. The maximum atomic E-state index is 13.1. The summed E-state index contributed by atoms with van der Waals surface area (Å²) in [6.45, 7) is 1.83. The minimum absolute atomic E-state index is 0.195. The average molecular weight is 456 g/mol. The van der Waals surface area contributed by atoms with E-state index in [1.165, 1.54) is 56.5 Å². The molecular formula is C27H29N5O2. The van der Waals surface area contributed by atoms with Gasteiger partial charge in [0.05, 0.1) is 23.0 Å². The van der Waals surface area contributed by atoms with Crippen molar-refractivity contribution in [2.24, 2.45) is 22.9 Å². The van der Waals surface area contributed by atoms with Gasteiger partial charge in [0, 0.05) is 18.1 Å². The Labute approximate surface area is 198 Å². The summed E-state index contributed by atoms with van der Waals surface area (Å²) < 4.78 is 1.54. The number of hydrogen-bond donors (Lipinski definition) is 2. The van der Waals surface area contributed by atoms with Crippen molar-refractivity contribution in [1.29, 1.82) is 0 Å². The topological polar surface area (TPSA) is 92.1 Å². The van der Waals surface area contributed by atoms with Gasteiger partial charge in [-0.15, -0.1) is 0 Å². The second-order valence-electron chi connectivity index (χ2n) is 10.5. The van der Waals surface area contributed by atoms with Crippen LogP contribution in [0.5, 0.6) is 0 Å². The van der Waals surface area contributed by atoms with Crippen molar-refractivity contribution in [3.8, 4) is 5.69 Å². The SMILES string of the molecule is Cc1[nH]n(-c2ccc(C34CC5CC(CC(C5)C3)C4)cc2)c(=O)c1C=NNC(=O)c1cccnc1. The number of hydrogen-bond acceptors (Lipinski definition) is 4. The first kappa shape index (κ1) is 21.1. The number of H-pyrrole nitrogens is 1. The van der Waals surface area contributed by atoms with Crippen LogP contribution in [0.2, 0.25) is 0 Å². The van der Waals surface area contributed by atoms with Gasteiger partial charge in [-0.05, 0) is 98.4 Å². The molecule has 7 heteroatoms. The highest BCUT2D eigenvalue weighted by Gasteiger charge is 2.51. The number of carbonyl (C=O) groups excluding carboxylic acids is 1. The summed E-state index contributed by atoms with van der Waals surface area (Å²) >= 11 is 0. The first-order chi connectivity index (χ1) is 16.5. The van der Waals surface area contributed by atoms with Gasteiger partial charge in [0.15, 0.2) is 0 Å². The van der Waals surface area contributed by atoms with E-state index in [9.17, 15) is 9.59 Å². The number of benzene rings is 1. The molecule has 4 aliphatic carbocycles. The quantitative estimate of drug-likeness (QED) is 0.448. The monoisotopic (exact) mass is 455 g/mol. The van der Waals surface area contributed by atoms with Gasteiger partial charge in [0.1, 0.15) is 0 Å². The largest absolute Gasteiger partial charge is 0.295 e. The molecule has 0 atom stereocenters. The van der Waals surface area contributed by atoms with E-state index in [2.05, 4.69) is 44.9 Å². The lowest BCUT2D eigenvalue weighted by atomic mass is 9.48. The third kappa shape index (κ3) is 3.59. The van der Waals surface area contributed by atoms with E-state index in [0.717, 1.165) is 23.4 Å². The van der Waals surface area contributed by atoms with E-state index >= 15 is 0 Å².